The Balaban J connectivity index is 2.08. The quantitative estimate of drug-likeness (QED) is 0.254. The van der Waals surface area contributed by atoms with Gasteiger partial charge in [0.25, 0.3) is 5.69 Å². The molecule has 0 heterocycles. The topological polar surface area (TPSA) is 69.4 Å². The highest BCUT2D eigenvalue weighted by Gasteiger charge is 2.07. The average molecular weight is 309 g/mol. The molecule has 5 nitrogen and oxygen atoms in total. The molecule has 2 rings (SSSR count). The van der Waals surface area contributed by atoms with Crippen LogP contribution in [0.2, 0.25) is 0 Å². The molecule has 0 fully saturated rings. The third-order valence-corrected chi connectivity index (χ3v) is 3.02. The standard InChI is InChI=1S/C18H15NO4/c1-2-12-23-17-5-3-4-14(13-17)6-11-18(20)15-7-9-16(10-8-15)19(21)22/h2-11,13H,1,12H2/b11-6+. The average Bonchev–Trinajstić information content (AvgIpc) is 2.58. The van der Waals surface area contributed by atoms with Crippen LogP contribution >= 0.6 is 0 Å². The molecule has 0 aromatic heterocycles. The van der Waals surface area contributed by atoms with E-state index in [0.29, 0.717) is 17.9 Å². The van der Waals surface area contributed by atoms with E-state index in [0.717, 1.165) is 5.56 Å². The number of hydrogen-bond donors (Lipinski definition) is 0. The lowest BCUT2D eigenvalue weighted by atomic mass is 10.1. The Labute approximate surface area is 133 Å². The van der Waals surface area contributed by atoms with Crippen LogP contribution in [0.3, 0.4) is 0 Å². The second-order valence-electron chi connectivity index (χ2n) is 4.67. The number of rotatable bonds is 7. The van der Waals surface area contributed by atoms with Gasteiger partial charge in [0.05, 0.1) is 4.92 Å². The molecule has 0 aliphatic rings. The number of ketones is 1. The van der Waals surface area contributed by atoms with Crippen LogP contribution in [0.4, 0.5) is 5.69 Å². The first-order valence-corrected chi connectivity index (χ1v) is 6.91. The molecular weight excluding hydrogens is 294 g/mol. The molecule has 0 N–H and O–H groups in total. The number of benzene rings is 2. The number of allylic oxidation sites excluding steroid dienone is 1. The Hall–Kier alpha value is -3.21. The summed E-state index contributed by atoms with van der Waals surface area (Å²) in [6, 6.07) is 12.8. The van der Waals surface area contributed by atoms with E-state index in [1.54, 1.807) is 12.2 Å². The lowest BCUT2D eigenvalue weighted by Gasteiger charge is -2.03. The van der Waals surface area contributed by atoms with Gasteiger partial charge in [0.15, 0.2) is 5.78 Å². The molecular formula is C18H15NO4. The molecule has 0 bridgehead atoms. The lowest BCUT2D eigenvalue weighted by molar-refractivity contribution is -0.384. The Morgan fingerprint density at radius 1 is 1.22 bits per heavy atom. The molecule has 116 valence electrons. The van der Waals surface area contributed by atoms with E-state index in [1.807, 2.05) is 24.3 Å². The summed E-state index contributed by atoms with van der Waals surface area (Å²) in [6.45, 7) is 3.99. The molecule has 0 amide bonds. The predicted molar refractivity (Wildman–Crippen MR) is 88.6 cm³/mol. The maximum absolute atomic E-state index is 12.1. The molecule has 5 heteroatoms. The van der Waals surface area contributed by atoms with Crippen molar-refractivity contribution in [2.24, 2.45) is 0 Å². The molecule has 0 atom stereocenters. The van der Waals surface area contributed by atoms with Crippen molar-refractivity contribution < 1.29 is 14.5 Å². The molecule has 23 heavy (non-hydrogen) atoms. The fourth-order valence-electron chi connectivity index (χ4n) is 1.88. The summed E-state index contributed by atoms with van der Waals surface area (Å²) in [5, 5.41) is 10.6. The Bertz CT molecular complexity index is 748. The zero-order chi connectivity index (χ0) is 16.7. The molecule has 0 radical (unpaired) electrons. The van der Waals surface area contributed by atoms with Gasteiger partial charge in [-0.05, 0) is 35.9 Å². The number of nitrogens with zero attached hydrogens (tertiary/aromatic N) is 1. The number of hydrogen-bond acceptors (Lipinski definition) is 4. The van der Waals surface area contributed by atoms with Gasteiger partial charge in [0, 0.05) is 17.7 Å². The summed E-state index contributed by atoms with van der Waals surface area (Å²) in [5.74, 6) is 0.465. The van der Waals surface area contributed by atoms with Crippen LogP contribution < -0.4 is 4.74 Å². The van der Waals surface area contributed by atoms with Crippen molar-refractivity contribution in [1.82, 2.24) is 0 Å². The van der Waals surface area contributed by atoms with E-state index in [-0.39, 0.29) is 11.5 Å². The molecule has 0 saturated heterocycles. The van der Waals surface area contributed by atoms with Crippen molar-refractivity contribution in [2.45, 2.75) is 0 Å². The van der Waals surface area contributed by atoms with E-state index in [2.05, 4.69) is 6.58 Å². The summed E-state index contributed by atoms with van der Waals surface area (Å²) in [6.07, 6.45) is 4.75. The van der Waals surface area contributed by atoms with E-state index in [1.165, 1.54) is 30.3 Å². The van der Waals surface area contributed by atoms with Gasteiger partial charge in [0.2, 0.25) is 0 Å². The highest BCUT2D eigenvalue weighted by molar-refractivity contribution is 6.06. The highest BCUT2D eigenvalue weighted by Crippen LogP contribution is 2.16. The molecule has 0 spiro atoms. The zero-order valence-corrected chi connectivity index (χ0v) is 12.3. The number of carbonyl (C=O) groups excluding carboxylic acids is 1. The normalized spacial score (nSPS) is 10.4. The monoisotopic (exact) mass is 309 g/mol. The number of nitro benzene ring substituents is 1. The largest absolute Gasteiger partial charge is 0.490 e. The number of ether oxygens (including phenoxy) is 1. The third kappa shape index (κ3) is 4.64. The van der Waals surface area contributed by atoms with Crippen molar-refractivity contribution in [2.75, 3.05) is 6.61 Å². The SMILES string of the molecule is C=CCOc1cccc(/C=C/C(=O)c2ccc([N+](=O)[O-])cc2)c1. The third-order valence-electron chi connectivity index (χ3n) is 3.02. The first-order valence-electron chi connectivity index (χ1n) is 6.91. The minimum absolute atomic E-state index is 0.0439. The molecule has 0 aliphatic carbocycles. The van der Waals surface area contributed by atoms with Crippen LogP contribution in [0.1, 0.15) is 15.9 Å². The van der Waals surface area contributed by atoms with Gasteiger partial charge in [-0.1, -0.05) is 30.9 Å². The summed E-state index contributed by atoms with van der Waals surface area (Å²) < 4.78 is 5.42. The smallest absolute Gasteiger partial charge is 0.269 e. The summed E-state index contributed by atoms with van der Waals surface area (Å²) in [4.78, 5) is 22.1. The first kappa shape index (κ1) is 16.2. The van der Waals surface area contributed by atoms with Crippen molar-refractivity contribution in [3.05, 3.63) is 88.5 Å². The fraction of sp³-hybridized carbons (Fsp3) is 0.0556. The van der Waals surface area contributed by atoms with Gasteiger partial charge in [-0.15, -0.1) is 0 Å². The Kier molecular flexibility index (Phi) is 5.41. The van der Waals surface area contributed by atoms with Gasteiger partial charge in [-0.2, -0.15) is 0 Å². The van der Waals surface area contributed by atoms with Gasteiger partial charge in [-0.25, -0.2) is 0 Å². The summed E-state index contributed by atoms with van der Waals surface area (Å²) >= 11 is 0. The van der Waals surface area contributed by atoms with Crippen LogP contribution in [0.25, 0.3) is 6.08 Å². The highest BCUT2D eigenvalue weighted by atomic mass is 16.6. The maximum atomic E-state index is 12.1. The van der Waals surface area contributed by atoms with Crippen molar-refractivity contribution in [3.8, 4) is 5.75 Å². The molecule has 0 unspecified atom stereocenters. The summed E-state index contributed by atoms with van der Waals surface area (Å²) in [5.41, 5.74) is 1.17. The second-order valence-corrected chi connectivity index (χ2v) is 4.67. The zero-order valence-electron chi connectivity index (χ0n) is 12.3. The van der Waals surface area contributed by atoms with Crippen LogP contribution in [0.15, 0.2) is 67.3 Å². The minimum Gasteiger partial charge on any atom is -0.490 e. The first-order chi connectivity index (χ1) is 11.1. The molecule has 2 aromatic rings. The number of non-ortho nitro benzene ring substituents is 1. The van der Waals surface area contributed by atoms with E-state index >= 15 is 0 Å². The van der Waals surface area contributed by atoms with E-state index in [9.17, 15) is 14.9 Å². The molecule has 0 aliphatic heterocycles. The number of carbonyl (C=O) groups is 1. The Morgan fingerprint density at radius 3 is 2.61 bits per heavy atom. The van der Waals surface area contributed by atoms with Gasteiger partial charge >= 0.3 is 0 Å². The lowest BCUT2D eigenvalue weighted by Crippen LogP contribution is -1.95. The van der Waals surface area contributed by atoms with Crippen molar-refractivity contribution in [1.29, 1.82) is 0 Å². The molecule has 2 aromatic carbocycles. The minimum atomic E-state index is -0.501. The second kappa shape index (κ2) is 7.70. The summed E-state index contributed by atoms with van der Waals surface area (Å²) in [7, 11) is 0. The van der Waals surface area contributed by atoms with Gasteiger partial charge in [-0.3, -0.25) is 14.9 Å². The van der Waals surface area contributed by atoms with Crippen molar-refractivity contribution in [3.63, 3.8) is 0 Å². The predicted octanol–water partition coefficient (Wildman–Crippen LogP) is 4.06. The van der Waals surface area contributed by atoms with Crippen LogP contribution in [-0.4, -0.2) is 17.3 Å². The number of nitro groups is 1. The van der Waals surface area contributed by atoms with Crippen molar-refractivity contribution >= 4 is 17.5 Å². The van der Waals surface area contributed by atoms with Crippen LogP contribution in [-0.2, 0) is 0 Å². The fourth-order valence-corrected chi connectivity index (χ4v) is 1.88. The molecule has 0 saturated carbocycles. The van der Waals surface area contributed by atoms with Gasteiger partial charge < -0.3 is 4.74 Å². The van der Waals surface area contributed by atoms with E-state index < -0.39 is 4.92 Å². The van der Waals surface area contributed by atoms with Gasteiger partial charge in [0.1, 0.15) is 12.4 Å². The van der Waals surface area contributed by atoms with E-state index in [4.69, 9.17) is 4.74 Å². The van der Waals surface area contributed by atoms with Crippen LogP contribution in [0, 0.1) is 10.1 Å². The maximum Gasteiger partial charge on any atom is 0.269 e. The Morgan fingerprint density at radius 2 is 1.96 bits per heavy atom. The van der Waals surface area contributed by atoms with Crippen LogP contribution in [0.5, 0.6) is 5.75 Å².